The van der Waals surface area contributed by atoms with Crippen LogP contribution in [0, 0.1) is 0 Å². The lowest BCUT2D eigenvalue weighted by Gasteiger charge is -2.06. The van der Waals surface area contributed by atoms with Gasteiger partial charge in [0.1, 0.15) is 11.5 Å². The van der Waals surface area contributed by atoms with Gasteiger partial charge in [-0.15, -0.1) is 0 Å². The van der Waals surface area contributed by atoms with Crippen LogP contribution in [0.2, 0.25) is 0 Å². The van der Waals surface area contributed by atoms with Crippen LogP contribution in [0.4, 0.5) is 0 Å². The predicted molar refractivity (Wildman–Crippen MR) is 51.3 cm³/mol. The number of hydrogen-bond donors (Lipinski definition) is 2. The highest BCUT2D eigenvalue weighted by atomic mass is 16.3. The van der Waals surface area contributed by atoms with Crippen molar-refractivity contribution in [3.63, 3.8) is 0 Å². The summed E-state index contributed by atoms with van der Waals surface area (Å²) in [6.45, 7) is 2.23. The molecule has 1 heterocycles. The molecule has 0 aromatic carbocycles. The van der Waals surface area contributed by atoms with E-state index in [9.17, 15) is 0 Å². The van der Waals surface area contributed by atoms with Gasteiger partial charge in [-0.2, -0.15) is 0 Å². The van der Waals surface area contributed by atoms with E-state index in [1.54, 1.807) is 0 Å². The van der Waals surface area contributed by atoms with Gasteiger partial charge in [0.05, 0.1) is 6.04 Å². The lowest BCUT2D eigenvalue weighted by molar-refractivity contribution is 0.276. The number of furan rings is 1. The van der Waals surface area contributed by atoms with Crippen LogP contribution in [0.5, 0.6) is 0 Å². The second-order valence-electron chi connectivity index (χ2n) is 3.13. The Kier molecular flexibility index (Phi) is 3.99. The second-order valence-corrected chi connectivity index (χ2v) is 3.13. The standard InChI is InChI=1S/C10H17NO2/c1-2-8-5-6-10(13-8)9(11)4-3-7-12/h5-6,9,12H,2-4,7,11H2,1H3/t9-/m0/s1. The monoisotopic (exact) mass is 183 g/mol. The minimum atomic E-state index is -0.0764. The topological polar surface area (TPSA) is 59.4 Å². The highest BCUT2D eigenvalue weighted by molar-refractivity contribution is 5.10. The molecular formula is C10H17NO2. The minimum Gasteiger partial charge on any atom is -0.464 e. The van der Waals surface area contributed by atoms with Gasteiger partial charge in [0, 0.05) is 13.0 Å². The van der Waals surface area contributed by atoms with Crippen LogP contribution in [0.1, 0.15) is 37.3 Å². The van der Waals surface area contributed by atoms with E-state index in [0.717, 1.165) is 30.8 Å². The van der Waals surface area contributed by atoms with E-state index in [2.05, 4.69) is 0 Å². The van der Waals surface area contributed by atoms with Crippen molar-refractivity contribution < 1.29 is 9.52 Å². The molecule has 3 N–H and O–H groups in total. The van der Waals surface area contributed by atoms with E-state index in [0.29, 0.717) is 0 Å². The van der Waals surface area contributed by atoms with E-state index in [-0.39, 0.29) is 12.6 Å². The summed E-state index contributed by atoms with van der Waals surface area (Å²) in [5, 5.41) is 8.63. The molecule has 0 aliphatic heterocycles. The Morgan fingerprint density at radius 2 is 2.31 bits per heavy atom. The van der Waals surface area contributed by atoms with Crippen molar-refractivity contribution in [1.29, 1.82) is 0 Å². The van der Waals surface area contributed by atoms with Gasteiger partial charge in [0.25, 0.3) is 0 Å². The van der Waals surface area contributed by atoms with Crippen molar-refractivity contribution in [1.82, 2.24) is 0 Å². The fourth-order valence-corrected chi connectivity index (χ4v) is 1.24. The van der Waals surface area contributed by atoms with Gasteiger partial charge >= 0.3 is 0 Å². The van der Waals surface area contributed by atoms with Gasteiger partial charge in [-0.05, 0) is 25.0 Å². The number of nitrogens with two attached hydrogens (primary N) is 1. The summed E-state index contributed by atoms with van der Waals surface area (Å²) in [4.78, 5) is 0. The number of aliphatic hydroxyl groups excluding tert-OH is 1. The molecule has 0 aliphatic rings. The fraction of sp³-hybridized carbons (Fsp3) is 0.600. The third kappa shape index (κ3) is 2.86. The van der Waals surface area contributed by atoms with Crippen molar-refractivity contribution in [3.8, 4) is 0 Å². The van der Waals surface area contributed by atoms with Crippen LogP contribution in [0.3, 0.4) is 0 Å². The molecule has 1 aromatic heterocycles. The summed E-state index contributed by atoms with van der Waals surface area (Å²) in [6, 6.07) is 3.79. The second kappa shape index (κ2) is 5.04. The van der Waals surface area contributed by atoms with Gasteiger partial charge in [-0.3, -0.25) is 0 Å². The SMILES string of the molecule is CCc1ccc([C@@H](N)CCCO)o1. The Bertz CT molecular complexity index is 245. The molecule has 1 atom stereocenters. The number of rotatable bonds is 5. The quantitative estimate of drug-likeness (QED) is 0.729. The minimum absolute atomic E-state index is 0.0764. The molecule has 1 rings (SSSR count). The summed E-state index contributed by atoms with van der Waals surface area (Å²) in [5.41, 5.74) is 5.84. The molecule has 3 nitrogen and oxygen atoms in total. The smallest absolute Gasteiger partial charge is 0.120 e. The highest BCUT2D eigenvalue weighted by Crippen LogP contribution is 2.18. The first-order valence-electron chi connectivity index (χ1n) is 4.73. The lowest BCUT2D eigenvalue weighted by atomic mass is 10.1. The van der Waals surface area contributed by atoms with Crippen LogP contribution in [0.15, 0.2) is 16.5 Å². The van der Waals surface area contributed by atoms with Crippen molar-refractivity contribution in [3.05, 3.63) is 23.7 Å². The van der Waals surface area contributed by atoms with E-state index < -0.39 is 0 Å². The average molecular weight is 183 g/mol. The van der Waals surface area contributed by atoms with Crippen LogP contribution in [-0.4, -0.2) is 11.7 Å². The number of hydrogen-bond acceptors (Lipinski definition) is 3. The zero-order valence-corrected chi connectivity index (χ0v) is 7.99. The molecule has 0 saturated heterocycles. The van der Waals surface area contributed by atoms with Crippen LogP contribution in [0.25, 0.3) is 0 Å². The van der Waals surface area contributed by atoms with Crippen molar-refractivity contribution in [2.75, 3.05) is 6.61 Å². The molecule has 0 spiro atoms. The first-order chi connectivity index (χ1) is 6.27. The molecule has 0 aliphatic carbocycles. The Balaban J connectivity index is 2.50. The molecule has 0 fully saturated rings. The van der Waals surface area contributed by atoms with Crippen LogP contribution < -0.4 is 5.73 Å². The Morgan fingerprint density at radius 3 is 2.85 bits per heavy atom. The van der Waals surface area contributed by atoms with Crippen molar-refractivity contribution in [2.24, 2.45) is 5.73 Å². The fourth-order valence-electron chi connectivity index (χ4n) is 1.24. The summed E-state index contributed by atoms with van der Waals surface area (Å²) >= 11 is 0. The van der Waals surface area contributed by atoms with Crippen molar-refractivity contribution in [2.45, 2.75) is 32.2 Å². The number of aryl methyl sites for hydroxylation is 1. The number of aliphatic hydroxyl groups is 1. The molecule has 0 radical (unpaired) electrons. The van der Waals surface area contributed by atoms with E-state index in [4.69, 9.17) is 15.3 Å². The molecular weight excluding hydrogens is 166 g/mol. The molecule has 0 saturated carbocycles. The van der Waals surface area contributed by atoms with E-state index in [1.165, 1.54) is 0 Å². The van der Waals surface area contributed by atoms with Crippen LogP contribution >= 0.6 is 0 Å². The zero-order valence-electron chi connectivity index (χ0n) is 7.99. The Morgan fingerprint density at radius 1 is 1.54 bits per heavy atom. The van der Waals surface area contributed by atoms with E-state index >= 15 is 0 Å². The Hall–Kier alpha value is -0.800. The molecule has 0 bridgehead atoms. The zero-order chi connectivity index (χ0) is 9.68. The summed E-state index contributed by atoms with van der Waals surface area (Å²) in [6.07, 6.45) is 2.39. The molecule has 74 valence electrons. The largest absolute Gasteiger partial charge is 0.464 e. The normalized spacial score (nSPS) is 13.2. The Labute approximate surface area is 78.5 Å². The molecule has 13 heavy (non-hydrogen) atoms. The average Bonchev–Trinajstić information content (AvgIpc) is 2.62. The predicted octanol–water partition coefficient (Wildman–Crippen LogP) is 1.61. The summed E-state index contributed by atoms with van der Waals surface area (Å²) in [5.74, 6) is 1.79. The van der Waals surface area contributed by atoms with E-state index in [1.807, 2.05) is 19.1 Å². The maximum absolute atomic E-state index is 8.63. The molecule has 3 heteroatoms. The van der Waals surface area contributed by atoms with Crippen LogP contribution in [-0.2, 0) is 6.42 Å². The molecule has 0 unspecified atom stereocenters. The third-order valence-electron chi connectivity index (χ3n) is 2.07. The summed E-state index contributed by atoms with van der Waals surface area (Å²) < 4.78 is 5.48. The van der Waals surface area contributed by atoms with Gasteiger partial charge in [0.15, 0.2) is 0 Å². The maximum Gasteiger partial charge on any atom is 0.120 e. The van der Waals surface area contributed by atoms with Crippen molar-refractivity contribution >= 4 is 0 Å². The first kappa shape index (κ1) is 10.3. The maximum atomic E-state index is 8.63. The lowest BCUT2D eigenvalue weighted by Crippen LogP contribution is -2.09. The van der Waals surface area contributed by atoms with Gasteiger partial charge in [0.2, 0.25) is 0 Å². The van der Waals surface area contributed by atoms with Gasteiger partial charge < -0.3 is 15.3 Å². The molecule has 1 aromatic rings. The first-order valence-corrected chi connectivity index (χ1v) is 4.73. The third-order valence-corrected chi connectivity index (χ3v) is 2.07. The molecule has 0 amide bonds. The highest BCUT2D eigenvalue weighted by Gasteiger charge is 2.09. The van der Waals surface area contributed by atoms with Gasteiger partial charge in [-0.25, -0.2) is 0 Å². The summed E-state index contributed by atoms with van der Waals surface area (Å²) in [7, 11) is 0. The van der Waals surface area contributed by atoms with Gasteiger partial charge in [-0.1, -0.05) is 6.92 Å².